The fourth-order valence-electron chi connectivity index (χ4n) is 3.43. The molecule has 0 aromatic heterocycles. The van der Waals surface area contributed by atoms with Gasteiger partial charge in [0, 0.05) is 31.5 Å². The number of rotatable bonds is 2. The van der Waals surface area contributed by atoms with Gasteiger partial charge in [-0.15, -0.1) is 0 Å². The number of benzene rings is 1. The van der Waals surface area contributed by atoms with E-state index < -0.39 is 0 Å². The third kappa shape index (κ3) is 2.63. The minimum atomic E-state index is -0.183. The molecule has 0 aliphatic carbocycles. The molecule has 2 atom stereocenters. The van der Waals surface area contributed by atoms with E-state index in [4.69, 9.17) is 5.21 Å². The van der Waals surface area contributed by atoms with Gasteiger partial charge in [-0.25, -0.2) is 4.39 Å². The van der Waals surface area contributed by atoms with Gasteiger partial charge in [0.25, 0.3) is 0 Å². The molecule has 0 radical (unpaired) electrons. The molecule has 102 valence electrons. The molecule has 2 saturated heterocycles. The second kappa shape index (κ2) is 5.29. The Kier molecular flexibility index (Phi) is 3.51. The first-order valence-electron chi connectivity index (χ1n) is 6.96. The van der Waals surface area contributed by atoms with E-state index >= 15 is 0 Å². The normalized spacial score (nSPS) is 27.3. The molecular formula is C15H19FN2O. The Labute approximate surface area is 112 Å². The van der Waals surface area contributed by atoms with Gasteiger partial charge < -0.3 is 5.21 Å². The topological polar surface area (TPSA) is 35.8 Å². The van der Waals surface area contributed by atoms with Gasteiger partial charge in [-0.1, -0.05) is 23.7 Å². The van der Waals surface area contributed by atoms with Crippen LogP contribution in [0.1, 0.15) is 37.7 Å². The summed E-state index contributed by atoms with van der Waals surface area (Å²) >= 11 is 0. The van der Waals surface area contributed by atoms with E-state index in [0.29, 0.717) is 12.1 Å². The van der Waals surface area contributed by atoms with E-state index in [-0.39, 0.29) is 5.82 Å². The van der Waals surface area contributed by atoms with Crippen molar-refractivity contribution in [1.29, 1.82) is 0 Å². The van der Waals surface area contributed by atoms with Crippen molar-refractivity contribution >= 4 is 5.71 Å². The smallest absolute Gasteiger partial charge is 0.123 e. The van der Waals surface area contributed by atoms with Gasteiger partial charge in [-0.3, -0.25) is 4.90 Å². The van der Waals surface area contributed by atoms with Crippen molar-refractivity contribution < 1.29 is 9.60 Å². The molecule has 2 fully saturated rings. The molecule has 0 spiro atoms. The minimum absolute atomic E-state index is 0.183. The highest BCUT2D eigenvalue weighted by Gasteiger charge is 2.36. The molecule has 1 N–H and O–H groups in total. The lowest BCUT2D eigenvalue weighted by molar-refractivity contribution is 0.0668. The van der Waals surface area contributed by atoms with Crippen LogP contribution in [0.25, 0.3) is 0 Å². The summed E-state index contributed by atoms with van der Waals surface area (Å²) in [7, 11) is 0. The van der Waals surface area contributed by atoms with Crippen molar-refractivity contribution in [2.45, 2.75) is 50.7 Å². The summed E-state index contributed by atoms with van der Waals surface area (Å²) < 4.78 is 12.9. The van der Waals surface area contributed by atoms with Gasteiger partial charge in [0.2, 0.25) is 0 Å². The molecule has 4 heteroatoms. The van der Waals surface area contributed by atoms with E-state index in [1.165, 1.54) is 18.6 Å². The fraction of sp³-hybridized carbons (Fsp3) is 0.533. The van der Waals surface area contributed by atoms with Crippen LogP contribution in [0.3, 0.4) is 0 Å². The van der Waals surface area contributed by atoms with Gasteiger partial charge in [-0.2, -0.15) is 0 Å². The van der Waals surface area contributed by atoms with E-state index in [0.717, 1.165) is 43.5 Å². The third-order valence-electron chi connectivity index (χ3n) is 4.38. The zero-order valence-electron chi connectivity index (χ0n) is 10.9. The molecular weight excluding hydrogens is 243 g/mol. The predicted octanol–water partition coefficient (Wildman–Crippen LogP) is 3.17. The van der Waals surface area contributed by atoms with Gasteiger partial charge >= 0.3 is 0 Å². The maximum absolute atomic E-state index is 12.9. The van der Waals surface area contributed by atoms with Crippen LogP contribution in [-0.2, 0) is 6.54 Å². The molecule has 2 unspecified atom stereocenters. The lowest BCUT2D eigenvalue weighted by Gasteiger charge is -2.46. The van der Waals surface area contributed by atoms with E-state index in [2.05, 4.69) is 10.1 Å². The predicted molar refractivity (Wildman–Crippen MR) is 71.8 cm³/mol. The largest absolute Gasteiger partial charge is 0.411 e. The number of piperidine rings is 2. The van der Waals surface area contributed by atoms with Crippen LogP contribution < -0.4 is 0 Å². The maximum atomic E-state index is 12.9. The van der Waals surface area contributed by atoms with Crippen LogP contribution in [0, 0.1) is 5.82 Å². The maximum Gasteiger partial charge on any atom is 0.123 e. The van der Waals surface area contributed by atoms with Gasteiger partial charge in [0.15, 0.2) is 0 Å². The molecule has 2 bridgehead atoms. The molecule has 1 aromatic carbocycles. The quantitative estimate of drug-likeness (QED) is 0.656. The number of hydrogen-bond donors (Lipinski definition) is 1. The SMILES string of the molecule is ON=C1CC2CCCC(C1)N2Cc1ccc(F)cc1. The highest BCUT2D eigenvalue weighted by molar-refractivity contribution is 5.85. The zero-order chi connectivity index (χ0) is 13.2. The first-order valence-corrected chi connectivity index (χ1v) is 6.96. The molecule has 1 aromatic rings. The molecule has 2 heterocycles. The molecule has 0 saturated carbocycles. The van der Waals surface area contributed by atoms with Crippen LogP contribution >= 0.6 is 0 Å². The average molecular weight is 262 g/mol. The van der Waals surface area contributed by atoms with Crippen molar-refractivity contribution in [3.8, 4) is 0 Å². The number of hydrogen-bond acceptors (Lipinski definition) is 3. The average Bonchev–Trinajstić information content (AvgIpc) is 2.41. The third-order valence-corrected chi connectivity index (χ3v) is 4.38. The molecule has 3 rings (SSSR count). The van der Waals surface area contributed by atoms with Crippen molar-refractivity contribution in [2.75, 3.05) is 0 Å². The Morgan fingerprint density at radius 2 is 1.79 bits per heavy atom. The molecule has 2 aliphatic rings. The number of halogens is 1. The first-order chi connectivity index (χ1) is 9.26. The van der Waals surface area contributed by atoms with E-state index in [1.807, 2.05) is 12.1 Å². The summed E-state index contributed by atoms with van der Waals surface area (Å²) in [6, 6.07) is 7.72. The Balaban J connectivity index is 1.75. The Hall–Kier alpha value is -1.42. The number of fused-ring (bicyclic) bond motifs is 2. The summed E-state index contributed by atoms with van der Waals surface area (Å²) in [6.07, 6.45) is 5.32. The first kappa shape index (κ1) is 12.6. The lowest BCUT2D eigenvalue weighted by Crippen LogP contribution is -2.51. The van der Waals surface area contributed by atoms with Crippen molar-refractivity contribution in [2.24, 2.45) is 5.16 Å². The highest BCUT2D eigenvalue weighted by Crippen LogP contribution is 2.33. The number of nitrogens with zero attached hydrogens (tertiary/aromatic N) is 2. The second-order valence-electron chi connectivity index (χ2n) is 5.61. The summed E-state index contributed by atoms with van der Waals surface area (Å²) in [5.74, 6) is -0.183. The summed E-state index contributed by atoms with van der Waals surface area (Å²) in [5.41, 5.74) is 2.09. The monoisotopic (exact) mass is 262 g/mol. The summed E-state index contributed by atoms with van der Waals surface area (Å²) in [5, 5.41) is 12.4. The lowest BCUT2D eigenvalue weighted by atomic mass is 9.83. The number of oxime groups is 1. The van der Waals surface area contributed by atoms with Gasteiger partial charge in [-0.05, 0) is 30.5 Å². The Morgan fingerprint density at radius 1 is 1.16 bits per heavy atom. The van der Waals surface area contributed by atoms with Crippen molar-refractivity contribution in [3.05, 3.63) is 35.6 Å². The summed E-state index contributed by atoms with van der Waals surface area (Å²) in [4.78, 5) is 2.51. The standard InChI is InChI=1S/C15H19FN2O/c16-12-6-4-11(5-7-12)10-18-14-2-1-3-15(18)9-13(8-14)17-19/h4-7,14-15,19H,1-3,8-10H2. The Morgan fingerprint density at radius 3 is 2.37 bits per heavy atom. The van der Waals surface area contributed by atoms with Crippen LogP contribution in [0.4, 0.5) is 4.39 Å². The van der Waals surface area contributed by atoms with E-state index in [9.17, 15) is 4.39 Å². The van der Waals surface area contributed by atoms with Crippen LogP contribution in [0.15, 0.2) is 29.4 Å². The second-order valence-corrected chi connectivity index (χ2v) is 5.61. The van der Waals surface area contributed by atoms with Crippen LogP contribution in [-0.4, -0.2) is 27.9 Å². The highest BCUT2D eigenvalue weighted by atomic mass is 19.1. The fourth-order valence-corrected chi connectivity index (χ4v) is 3.43. The van der Waals surface area contributed by atoms with E-state index in [1.54, 1.807) is 0 Å². The Bertz CT molecular complexity index is 456. The molecule has 3 nitrogen and oxygen atoms in total. The van der Waals surface area contributed by atoms with Gasteiger partial charge in [0.05, 0.1) is 5.71 Å². The molecule has 0 amide bonds. The molecule has 2 aliphatic heterocycles. The van der Waals surface area contributed by atoms with Crippen LogP contribution in [0.2, 0.25) is 0 Å². The van der Waals surface area contributed by atoms with Gasteiger partial charge in [0.1, 0.15) is 5.82 Å². The minimum Gasteiger partial charge on any atom is -0.411 e. The molecule has 19 heavy (non-hydrogen) atoms. The van der Waals surface area contributed by atoms with Crippen molar-refractivity contribution in [3.63, 3.8) is 0 Å². The zero-order valence-corrected chi connectivity index (χ0v) is 10.9. The van der Waals surface area contributed by atoms with Crippen LogP contribution in [0.5, 0.6) is 0 Å². The van der Waals surface area contributed by atoms with Crippen molar-refractivity contribution in [1.82, 2.24) is 4.90 Å². The summed E-state index contributed by atoms with van der Waals surface area (Å²) in [6.45, 7) is 0.869.